The average Bonchev–Trinajstić information content (AvgIpc) is 3.07. The predicted molar refractivity (Wildman–Crippen MR) is 122 cm³/mol. The summed E-state index contributed by atoms with van der Waals surface area (Å²) >= 11 is 7.74. The summed E-state index contributed by atoms with van der Waals surface area (Å²) in [5.74, 6) is 0.149. The van der Waals surface area contributed by atoms with E-state index in [1.807, 2.05) is 36.1 Å². The maximum atomic E-state index is 13.0. The summed E-state index contributed by atoms with van der Waals surface area (Å²) in [5, 5.41) is 16.8. The van der Waals surface area contributed by atoms with Gasteiger partial charge in [-0.25, -0.2) is 0 Å². The molecule has 1 aliphatic carbocycles. The lowest BCUT2D eigenvalue weighted by atomic mass is 9.83. The van der Waals surface area contributed by atoms with E-state index in [1.165, 1.54) is 0 Å². The molecule has 2 aromatic rings. The smallest absolute Gasteiger partial charge is 0.268 e. The summed E-state index contributed by atoms with van der Waals surface area (Å²) < 4.78 is 1.82. The number of thioether (sulfide) groups is 1. The molecule has 1 aromatic heterocycles. The van der Waals surface area contributed by atoms with Crippen molar-refractivity contribution in [3.8, 4) is 6.07 Å². The van der Waals surface area contributed by atoms with Crippen LogP contribution in [-0.4, -0.2) is 40.5 Å². The minimum Gasteiger partial charge on any atom is -0.347 e. The third-order valence-electron chi connectivity index (χ3n) is 5.74. The van der Waals surface area contributed by atoms with Crippen LogP contribution < -0.4 is 10.6 Å². The van der Waals surface area contributed by atoms with Crippen molar-refractivity contribution in [1.82, 2.24) is 15.2 Å². The van der Waals surface area contributed by atoms with Gasteiger partial charge >= 0.3 is 0 Å². The van der Waals surface area contributed by atoms with Gasteiger partial charge in [-0.15, -0.1) is 0 Å². The Morgan fingerprint density at radius 1 is 1.33 bits per heavy atom. The molecule has 3 rings (SSSR count). The van der Waals surface area contributed by atoms with Gasteiger partial charge in [-0.2, -0.15) is 17.0 Å². The summed E-state index contributed by atoms with van der Waals surface area (Å²) in [7, 11) is 1.84. The summed E-state index contributed by atoms with van der Waals surface area (Å²) in [6, 6.07) is 8.80. The van der Waals surface area contributed by atoms with Crippen LogP contribution in [0.3, 0.4) is 0 Å². The number of benzene rings is 1. The van der Waals surface area contributed by atoms with Gasteiger partial charge in [0, 0.05) is 29.0 Å². The Kier molecular flexibility index (Phi) is 7.68. The zero-order valence-electron chi connectivity index (χ0n) is 17.3. The lowest BCUT2D eigenvalue weighted by molar-refractivity contribution is -0.127. The number of halogens is 1. The zero-order chi connectivity index (χ0) is 21.7. The standard InChI is InChI=1S/C22H27ClN4O2S/c1-27-19-12-15(23)8-7-14(19)11-20(27)22(29)26-18-6-4-3-5-17(18)21(28)25-16(13-24)9-10-30-2/h7-8,11-12,16-18H,3-6,9-10H2,1-2H3,(H,25,28)(H,26,29)/t16-,17+,18-/m0/s1. The van der Waals surface area contributed by atoms with Gasteiger partial charge in [-0.1, -0.05) is 30.5 Å². The highest BCUT2D eigenvalue weighted by Gasteiger charge is 2.33. The van der Waals surface area contributed by atoms with Crippen LogP contribution in [0.1, 0.15) is 42.6 Å². The predicted octanol–water partition coefficient (Wildman–Crippen LogP) is 3.88. The normalized spacial score (nSPS) is 19.8. The van der Waals surface area contributed by atoms with E-state index in [-0.39, 0.29) is 23.8 Å². The number of hydrogen-bond acceptors (Lipinski definition) is 4. The molecule has 1 fully saturated rings. The quantitative estimate of drug-likeness (QED) is 0.675. The van der Waals surface area contributed by atoms with Gasteiger partial charge in [-0.05, 0) is 49.5 Å². The molecule has 0 unspecified atom stereocenters. The molecule has 160 valence electrons. The minimum atomic E-state index is -0.494. The highest BCUT2D eigenvalue weighted by Crippen LogP contribution is 2.27. The molecule has 1 aromatic carbocycles. The molecule has 6 nitrogen and oxygen atoms in total. The fraction of sp³-hybridized carbons (Fsp3) is 0.500. The molecule has 1 saturated carbocycles. The number of nitriles is 1. The van der Waals surface area contributed by atoms with Crippen LogP contribution in [0.15, 0.2) is 24.3 Å². The molecule has 2 N–H and O–H groups in total. The van der Waals surface area contributed by atoms with Gasteiger partial charge in [0.05, 0.1) is 12.0 Å². The Morgan fingerprint density at radius 2 is 2.10 bits per heavy atom. The molecule has 3 atom stereocenters. The van der Waals surface area contributed by atoms with Gasteiger partial charge in [-0.3, -0.25) is 9.59 Å². The number of rotatable bonds is 7. The summed E-state index contributed by atoms with van der Waals surface area (Å²) in [6.45, 7) is 0. The van der Waals surface area contributed by atoms with E-state index in [4.69, 9.17) is 11.6 Å². The third kappa shape index (κ3) is 5.11. The Labute approximate surface area is 186 Å². The maximum absolute atomic E-state index is 13.0. The van der Waals surface area contributed by atoms with Crippen molar-refractivity contribution < 1.29 is 9.59 Å². The number of amides is 2. The van der Waals surface area contributed by atoms with E-state index in [2.05, 4.69) is 16.7 Å². The van der Waals surface area contributed by atoms with Crippen LogP contribution in [-0.2, 0) is 11.8 Å². The molecular weight excluding hydrogens is 420 g/mol. The van der Waals surface area contributed by atoms with Crippen LogP contribution in [0.5, 0.6) is 0 Å². The van der Waals surface area contributed by atoms with E-state index < -0.39 is 6.04 Å². The number of nitrogens with one attached hydrogen (secondary N) is 2. The van der Waals surface area contributed by atoms with E-state index in [9.17, 15) is 14.9 Å². The molecule has 0 saturated heterocycles. The molecule has 0 radical (unpaired) electrons. The topological polar surface area (TPSA) is 86.9 Å². The molecule has 0 bridgehead atoms. The van der Waals surface area contributed by atoms with E-state index in [0.29, 0.717) is 23.6 Å². The first kappa shape index (κ1) is 22.5. The summed E-state index contributed by atoms with van der Waals surface area (Å²) in [5.41, 5.74) is 1.42. The molecule has 30 heavy (non-hydrogen) atoms. The SMILES string of the molecule is CSCC[C@@H](C#N)NC(=O)[C@@H]1CCCC[C@@H]1NC(=O)c1cc2ccc(Cl)cc2n1C. The first-order valence-corrected chi connectivity index (χ1v) is 12.0. The van der Waals surface area contributed by atoms with Crippen LogP contribution in [0, 0.1) is 17.2 Å². The van der Waals surface area contributed by atoms with Gasteiger partial charge in [0.1, 0.15) is 11.7 Å². The second-order valence-electron chi connectivity index (χ2n) is 7.73. The average molecular weight is 447 g/mol. The second-order valence-corrected chi connectivity index (χ2v) is 9.16. The van der Waals surface area contributed by atoms with E-state index in [1.54, 1.807) is 17.8 Å². The van der Waals surface area contributed by atoms with E-state index >= 15 is 0 Å². The van der Waals surface area contributed by atoms with E-state index in [0.717, 1.165) is 35.9 Å². The summed E-state index contributed by atoms with van der Waals surface area (Å²) in [4.78, 5) is 25.9. The third-order valence-corrected chi connectivity index (χ3v) is 6.62. The molecule has 2 amide bonds. The fourth-order valence-electron chi connectivity index (χ4n) is 4.06. The van der Waals surface area contributed by atoms with Crippen molar-refractivity contribution in [3.63, 3.8) is 0 Å². The number of aryl methyl sites for hydroxylation is 1. The number of aromatic nitrogens is 1. The van der Waals surface area contributed by atoms with Crippen LogP contribution in [0.25, 0.3) is 10.9 Å². The Morgan fingerprint density at radius 3 is 2.83 bits per heavy atom. The number of nitrogens with zero attached hydrogens (tertiary/aromatic N) is 2. The summed E-state index contributed by atoms with van der Waals surface area (Å²) in [6.07, 6.45) is 5.96. The fourth-order valence-corrected chi connectivity index (χ4v) is 4.70. The van der Waals surface area contributed by atoms with Crippen LogP contribution in [0.2, 0.25) is 5.02 Å². The van der Waals surface area contributed by atoms with Crippen molar-refractivity contribution >= 4 is 46.1 Å². The second kappa shape index (κ2) is 10.2. The number of fused-ring (bicyclic) bond motifs is 1. The van der Waals surface area contributed by atoms with Gasteiger partial charge in [0.25, 0.3) is 5.91 Å². The van der Waals surface area contributed by atoms with Gasteiger partial charge < -0.3 is 15.2 Å². The van der Waals surface area contributed by atoms with Gasteiger partial charge in [0.2, 0.25) is 5.91 Å². The zero-order valence-corrected chi connectivity index (χ0v) is 18.9. The van der Waals surface area contributed by atoms with Crippen molar-refractivity contribution in [3.05, 3.63) is 35.0 Å². The number of carbonyl (C=O) groups excluding carboxylic acids is 2. The molecule has 0 aliphatic heterocycles. The van der Waals surface area contributed by atoms with Crippen molar-refractivity contribution in [2.24, 2.45) is 13.0 Å². The van der Waals surface area contributed by atoms with Crippen LogP contribution >= 0.6 is 23.4 Å². The first-order valence-electron chi connectivity index (χ1n) is 10.2. The Balaban J connectivity index is 1.72. The Hall–Kier alpha value is -2.17. The minimum absolute atomic E-state index is 0.142. The first-order chi connectivity index (χ1) is 14.4. The highest BCUT2D eigenvalue weighted by atomic mass is 35.5. The van der Waals surface area contributed by atoms with Crippen LogP contribution in [0.4, 0.5) is 0 Å². The molecular formula is C22H27ClN4O2S. The number of hydrogen-bond donors (Lipinski definition) is 2. The monoisotopic (exact) mass is 446 g/mol. The van der Waals surface area contributed by atoms with Crippen molar-refractivity contribution in [2.45, 2.75) is 44.2 Å². The number of carbonyl (C=O) groups is 2. The lowest BCUT2D eigenvalue weighted by Gasteiger charge is -2.31. The van der Waals surface area contributed by atoms with Crippen molar-refractivity contribution in [2.75, 3.05) is 12.0 Å². The molecule has 8 heteroatoms. The highest BCUT2D eigenvalue weighted by molar-refractivity contribution is 7.98. The Bertz CT molecular complexity index is 968. The van der Waals surface area contributed by atoms with Gasteiger partial charge in [0.15, 0.2) is 0 Å². The lowest BCUT2D eigenvalue weighted by Crippen LogP contribution is -2.50. The molecule has 1 aliphatic rings. The van der Waals surface area contributed by atoms with Crippen molar-refractivity contribution in [1.29, 1.82) is 5.26 Å². The maximum Gasteiger partial charge on any atom is 0.268 e. The molecule has 0 spiro atoms. The largest absolute Gasteiger partial charge is 0.347 e. The molecule has 1 heterocycles.